The van der Waals surface area contributed by atoms with Crippen molar-refractivity contribution in [3.05, 3.63) is 71.7 Å². The van der Waals surface area contributed by atoms with Crippen LogP contribution in [0.2, 0.25) is 0 Å². The smallest absolute Gasteiger partial charge is 0.416 e. The maximum absolute atomic E-state index is 13.7. The van der Waals surface area contributed by atoms with Crippen LogP contribution in [0, 0.1) is 12.7 Å². The fourth-order valence-corrected chi connectivity index (χ4v) is 3.87. The van der Waals surface area contributed by atoms with E-state index in [-0.39, 0.29) is 34.9 Å². The van der Waals surface area contributed by atoms with Crippen molar-refractivity contribution in [1.82, 2.24) is 19.9 Å². The zero-order valence-corrected chi connectivity index (χ0v) is 20.1. The Morgan fingerprint density at radius 1 is 1.21 bits per heavy atom. The number of carbonyl (C=O) groups is 1. The van der Waals surface area contributed by atoms with Gasteiger partial charge in [0.25, 0.3) is 5.91 Å². The van der Waals surface area contributed by atoms with E-state index in [1.165, 1.54) is 35.0 Å². The number of aliphatic hydroxyl groups excluding tert-OH is 1. The number of hydrogen-bond acceptors (Lipinski definition) is 6. The van der Waals surface area contributed by atoms with Crippen LogP contribution in [0.15, 0.2) is 54.7 Å². The molecule has 1 amide bonds. The highest BCUT2D eigenvalue weighted by atomic mass is 19.4. The van der Waals surface area contributed by atoms with Crippen LogP contribution in [0.3, 0.4) is 0 Å². The van der Waals surface area contributed by atoms with Crippen molar-refractivity contribution in [3.8, 4) is 22.9 Å². The average molecular weight is 529 g/mol. The quantitative estimate of drug-likeness (QED) is 0.282. The summed E-state index contributed by atoms with van der Waals surface area (Å²) < 4.78 is 59.4. The number of aryl methyl sites for hydroxylation is 1. The molecule has 0 aliphatic heterocycles. The van der Waals surface area contributed by atoms with Crippen molar-refractivity contribution >= 4 is 17.2 Å². The molecule has 1 aliphatic carbocycles. The van der Waals surface area contributed by atoms with Gasteiger partial charge in [0.1, 0.15) is 11.6 Å². The lowest BCUT2D eigenvalue weighted by atomic mass is 10.0. The SMILES string of the molecule is Cc1cc(-c2cnc3c(NCC(O)C(F)(F)F)cc(Oc4cccc(F)c4)nn23)ccc1C(=O)NC1CC1. The lowest BCUT2D eigenvalue weighted by molar-refractivity contribution is -0.198. The van der Waals surface area contributed by atoms with Gasteiger partial charge >= 0.3 is 6.18 Å². The van der Waals surface area contributed by atoms with Crippen molar-refractivity contribution in [2.24, 2.45) is 0 Å². The predicted molar refractivity (Wildman–Crippen MR) is 131 cm³/mol. The molecule has 5 rings (SSSR count). The molecule has 1 fully saturated rings. The lowest BCUT2D eigenvalue weighted by Gasteiger charge is -2.17. The molecule has 1 aliphatic rings. The first-order valence-corrected chi connectivity index (χ1v) is 11.8. The summed E-state index contributed by atoms with van der Waals surface area (Å²) in [6, 6.07) is 12.0. The van der Waals surface area contributed by atoms with Crippen LogP contribution in [0.4, 0.5) is 23.2 Å². The number of alkyl halides is 3. The molecular formula is C26H23F4N5O3. The van der Waals surface area contributed by atoms with Gasteiger partial charge in [-0.2, -0.15) is 13.2 Å². The third-order valence-corrected chi connectivity index (χ3v) is 6.01. The van der Waals surface area contributed by atoms with Gasteiger partial charge in [-0.1, -0.05) is 12.1 Å². The first kappa shape index (κ1) is 25.5. The number of hydrogen-bond donors (Lipinski definition) is 3. The second kappa shape index (κ2) is 9.93. The maximum atomic E-state index is 13.7. The van der Waals surface area contributed by atoms with E-state index in [9.17, 15) is 27.5 Å². The van der Waals surface area contributed by atoms with Crippen LogP contribution in [-0.2, 0) is 0 Å². The summed E-state index contributed by atoms with van der Waals surface area (Å²) in [5.74, 6) is -0.627. The minimum absolute atomic E-state index is 0.0523. The number of carbonyl (C=O) groups excluding carboxylic acids is 1. The number of benzene rings is 2. The Morgan fingerprint density at radius 3 is 2.68 bits per heavy atom. The monoisotopic (exact) mass is 529 g/mol. The van der Waals surface area contributed by atoms with Gasteiger partial charge in [-0.3, -0.25) is 4.79 Å². The second-order valence-electron chi connectivity index (χ2n) is 9.05. The van der Waals surface area contributed by atoms with Gasteiger partial charge in [0.2, 0.25) is 5.88 Å². The van der Waals surface area contributed by atoms with Crippen molar-refractivity contribution in [2.75, 3.05) is 11.9 Å². The Morgan fingerprint density at radius 2 is 2.00 bits per heavy atom. The number of ether oxygens (including phenoxy) is 1. The number of aromatic nitrogens is 3. The fourth-order valence-electron chi connectivity index (χ4n) is 3.87. The molecule has 1 saturated carbocycles. The number of halogens is 4. The van der Waals surface area contributed by atoms with E-state index in [4.69, 9.17) is 4.74 Å². The van der Waals surface area contributed by atoms with E-state index in [1.54, 1.807) is 25.1 Å². The minimum atomic E-state index is -4.82. The molecule has 0 spiro atoms. The fraction of sp³-hybridized carbons (Fsp3) is 0.269. The summed E-state index contributed by atoms with van der Waals surface area (Å²) in [4.78, 5) is 16.8. The Hall–Kier alpha value is -4.19. The number of amides is 1. The maximum Gasteiger partial charge on any atom is 0.416 e. The molecule has 2 heterocycles. The van der Waals surface area contributed by atoms with Crippen LogP contribution in [-0.4, -0.2) is 50.5 Å². The summed E-state index contributed by atoms with van der Waals surface area (Å²) in [5.41, 5.74) is 2.65. The standard InChI is InChI=1S/C26H23F4N5O3/c1-14-9-15(5-8-19(14)25(37)33-17-6-7-17)21-12-32-24-20(31-13-22(36)26(28,29)30)11-23(34-35(21)24)38-18-4-2-3-16(27)10-18/h2-5,8-12,17,22,31,36H,6-7,13H2,1H3,(H,33,37). The summed E-state index contributed by atoms with van der Waals surface area (Å²) in [5, 5.41) is 19.4. The highest BCUT2D eigenvalue weighted by Crippen LogP contribution is 2.31. The molecule has 198 valence electrons. The first-order valence-electron chi connectivity index (χ1n) is 11.8. The van der Waals surface area contributed by atoms with Crippen molar-refractivity contribution in [3.63, 3.8) is 0 Å². The zero-order valence-electron chi connectivity index (χ0n) is 20.1. The molecule has 3 N–H and O–H groups in total. The van der Waals surface area contributed by atoms with E-state index in [0.717, 1.165) is 24.5 Å². The summed E-state index contributed by atoms with van der Waals surface area (Å²) in [7, 11) is 0. The van der Waals surface area contributed by atoms with Gasteiger partial charge in [0, 0.05) is 35.8 Å². The Labute approximate surface area is 214 Å². The molecule has 1 unspecified atom stereocenters. The van der Waals surface area contributed by atoms with Gasteiger partial charge in [0.15, 0.2) is 11.8 Å². The van der Waals surface area contributed by atoms with Crippen LogP contribution >= 0.6 is 0 Å². The van der Waals surface area contributed by atoms with Crippen LogP contribution in [0.5, 0.6) is 11.6 Å². The Kier molecular flexibility index (Phi) is 6.66. The number of fused-ring (bicyclic) bond motifs is 1. The van der Waals surface area contributed by atoms with E-state index in [1.807, 2.05) is 0 Å². The molecule has 2 aromatic carbocycles. The normalized spacial score (nSPS) is 14.4. The van der Waals surface area contributed by atoms with Gasteiger partial charge < -0.3 is 20.5 Å². The van der Waals surface area contributed by atoms with Gasteiger partial charge in [-0.15, -0.1) is 5.10 Å². The molecule has 1 atom stereocenters. The van der Waals surface area contributed by atoms with E-state index >= 15 is 0 Å². The largest absolute Gasteiger partial charge is 0.437 e. The minimum Gasteiger partial charge on any atom is -0.437 e. The molecule has 4 aromatic rings. The van der Waals surface area contributed by atoms with Crippen molar-refractivity contribution in [2.45, 2.75) is 38.1 Å². The predicted octanol–water partition coefficient (Wildman–Crippen LogP) is 4.86. The number of nitrogens with zero attached hydrogens (tertiary/aromatic N) is 3. The summed E-state index contributed by atoms with van der Waals surface area (Å²) in [6.07, 6.45) is -4.02. The third kappa shape index (κ3) is 5.54. The molecule has 38 heavy (non-hydrogen) atoms. The lowest BCUT2D eigenvalue weighted by Crippen LogP contribution is -2.35. The summed E-state index contributed by atoms with van der Waals surface area (Å²) in [6.45, 7) is 0.959. The van der Waals surface area contributed by atoms with E-state index in [2.05, 4.69) is 20.7 Å². The van der Waals surface area contributed by atoms with Crippen LogP contribution in [0.25, 0.3) is 16.9 Å². The zero-order chi connectivity index (χ0) is 27.0. The number of rotatable bonds is 8. The molecule has 0 bridgehead atoms. The molecule has 2 aromatic heterocycles. The second-order valence-corrected chi connectivity index (χ2v) is 9.05. The molecule has 12 heteroatoms. The molecule has 0 radical (unpaired) electrons. The topological polar surface area (TPSA) is 101 Å². The van der Waals surface area contributed by atoms with Crippen molar-refractivity contribution < 1.29 is 32.2 Å². The summed E-state index contributed by atoms with van der Waals surface area (Å²) >= 11 is 0. The Balaban J connectivity index is 1.52. The Bertz CT molecular complexity index is 1500. The van der Waals surface area contributed by atoms with Gasteiger partial charge in [-0.25, -0.2) is 13.9 Å². The molecule has 0 saturated heterocycles. The number of aliphatic hydroxyl groups is 1. The number of nitrogens with one attached hydrogen (secondary N) is 2. The highest BCUT2D eigenvalue weighted by Gasteiger charge is 2.38. The van der Waals surface area contributed by atoms with Gasteiger partial charge in [0.05, 0.1) is 17.6 Å². The van der Waals surface area contributed by atoms with E-state index in [0.29, 0.717) is 16.8 Å². The number of anilines is 1. The first-order chi connectivity index (χ1) is 18.1. The van der Waals surface area contributed by atoms with Gasteiger partial charge in [-0.05, 0) is 49.6 Å². The number of imidazole rings is 1. The third-order valence-electron chi connectivity index (χ3n) is 6.01. The van der Waals surface area contributed by atoms with E-state index < -0.39 is 24.6 Å². The van der Waals surface area contributed by atoms with Crippen LogP contribution in [0.1, 0.15) is 28.8 Å². The average Bonchev–Trinajstić information content (AvgIpc) is 3.56. The highest BCUT2D eigenvalue weighted by molar-refractivity contribution is 5.96. The van der Waals surface area contributed by atoms with Crippen molar-refractivity contribution in [1.29, 1.82) is 0 Å². The molecule has 8 nitrogen and oxygen atoms in total. The van der Waals surface area contributed by atoms with Crippen LogP contribution < -0.4 is 15.4 Å². The molecular weight excluding hydrogens is 506 g/mol.